The van der Waals surface area contributed by atoms with Gasteiger partial charge in [0.05, 0.1) is 7.11 Å². The van der Waals surface area contributed by atoms with Gasteiger partial charge in [0.25, 0.3) is 0 Å². The predicted molar refractivity (Wildman–Crippen MR) is 86.2 cm³/mol. The van der Waals surface area contributed by atoms with Gasteiger partial charge in [0, 0.05) is 21.6 Å². The number of rotatable bonds is 5. The lowest BCUT2D eigenvalue weighted by Crippen LogP contribution is -2.00. The third-order valence-electron chi connectivity index (χ3n) is 2.81. The molecule has 0 spiro atoms. The highest BCUT2D eigenvalue weighted by atomic mass is 79.9. The molecule has 0 unspecified atom stereocenters. The zero-order valence-corrected chi connectivity index (χ0v) is 13.3. The Labute approximate surface area is 126 Å². The van der Waals surface area contributed by atoms with Crippen LogP contribution in [0.15, 0.2) is 51.8 Å². The van der Waals surface area contributed by atoms with Crippen LogP contribution >= 0.6 is 27.7 Å². The number of halogens is 1. The monoisotopic (exact) mass is 337 g/mol. The van der Waals surface area contributed by atoms with E-state index in [-0.39, 0.29) is 0 Å². The van der Waals surface area contributed by atoms with Gasteiger partial charge in [-0.25, -0.2) is 0 Å². The largest absolute Gasteiger partial charge is 0.497 e. The van der Waals surface area contributed by atoms with Crippen LogP contribution in [-0.4, -0.2) is 13.4 Å². The number of hydrogen-bond acceptors (Lipinski definition) is 3. The molecule has 19 heavy (non-hydrogen) atoms. The third kappa shape index (κ3) is 3.91. The van der Waals surface area contributed by atoms with E-state index in [1.807, 2.05) is 18.2 Å². The summed E-state index contributed by atoms with van der Waals surface area (Å²) in [6.07, 6.45) is 2.08. The molecule has 0 atom stereocenters. The van der Waals surface area contributed by atoms with Crippen LogP contribution in [0.4, 0.5) is 5.69 Å². The number of benzene rings is 2. The topological polar surface area (TPSA) is 21.3 Å². The quantitative estimate of drug-likeness (QED) is 0.792. The molecule has 0 aliphatic rings. The summed E-state index contributed by atoms with van der Waals surface area (Å²) in [7, 11) is 1.68. The van der Waals surface area contributed by atoms with Gasteiger partial charge in [-0.3, -0.25) is 0 Å². The van der Waals surface area contributed by atoms with Gasteiger partial charge in [-0.2, -0.15) is 0 Å². The third-order valence-corrected chi connectivity index (χ3v) is 4.30. The molecule has 0 heterocycles. The molecule has 0 radical (unpaired) electrons. The molecule has 1 N–H and O–H groups in total. The van der Waals surface area contributed by atoms with Crippen LogP contribution in [-0.2, 0) is 6.54 Å². The van der Waals surface area contributed by atoms with E-state index in [9.17, 15) is 0 Å². The SMILES string of the molecule is COc1ccc(Br)c(CNc2cccc(SC)c2)c1. The molecular weight excluding hydrogens is 322 g/mol. The minimum Gasteiger partial charge on any atom is -0.497 e. The molecule has 100 valence electrons. The summed E-state index contributed by atoms with van der Waals surface area (Å²) in [5.41, 5.74) is 2.30. The molecule has 0 amide bonds. The van der Waals surface area contributed by atoms with Crippen molar-refractivity contribution >= 4 is 33.4 Å². The Morgan fingerprint density at radius 3 is 2.79 bits per heavy atom. The van der Waals surface area contributed by atoms with Crippen LogP contribution < -0.4 is 10.1 Å². The Morgan fingerprint density at radius 1 is 1.21 bits per heavy atom. The van der Waals surface area contributed by atoms with Crippen molar-refractivity contribution in [1.29, 1.82) is 0 Å². The van der Waals surface area contributed by atoms with Crippen LogP contribution in [0.25, 0.3) is 0 Å². The van der Waals surface area contributed by atoms with Crippen molar-refractivity contribution in [2.24, 2.45) is 0 Å². The van der Waals surface area contributed by atoms with E-state index >= 15 is 0 Å². The molecule has 0 saturated heterocycles. The minimum absolute atomic E-state index is 0.760. The average molecular weight is 338 g/mol. The summed E-state index contributed by atoms with van der Waals surface area (Å²) in [6, 6.07) is 14.4. The van der Waals surface area contributed by atoms with Gasteiger partial charge in [0.2, 0.25) is 0 Å². The molecule has 0 aromatic heterocycles. The fourth-order valence-electron chi connectivity index (χ4n) is 1.74. The molecule has 2 nitrogen and oxygen atoms in total. The van der Waals surface area contributed by atoms with E-state index in [2.05, 4.69) is 51.8 Å². The molecule has 2 rings (SSSR count). The number of hydrogen-bond donors (Lipinski definition) is 1. The van der Waals surface area contributed by atoms with Crippen molar-refractivity contribution in [2.75, 3.05) is 18.7 Å². The van der Waals surface area contributed by atoms with Crippen molar-refractivity contribution in [3.8, 4) is 5.75 Å². The predicted octanol–water partition coefficient (Wildman–Crippen LogP) is 4.79. The molecule has 0 bridgehead atoms. The number of ether oxygens (including phenoxy) is 1. The molecular formula is C15H16BrNOS. The maximum absolute atomic E-state index is 5.25. The molecule has 2 aromatic rings. The van der Waals surface area contributed by atoms with Gasteiger partial charge in [-0.05, 0) is 48.2 Å². The standard InChI is InChI=1S/C15H16BrNOS/c1-18-13-6-7-15(16)11(8-13)10-17-12-4-3-5-14(9-12)19-2/h3-9,17H,10H2,1-2H3. The lowest BCUT2D eigenvalue weighted by Gasteiger charge is -2.10. The van der Waals surface area contributed by atoms with Gasteiger partial charge >= 0.3 is 0 Å². The van der Waals surface area contributed by atoms with E-state index in [0.29, 0.717) is 0 Å². The van der Waals surface area contributed by atoms with Crippen molar-refractivity contribution < 1.29 is 4.74 Å². The Kier molecular flexibility index (Phi) is 5.16. The first kappa shape index (κ1) is 14.3. The normalized spacial score (nSPS) is 10.3. The summed E-state index contributed by atoms with van der Waals surface area (Å²) < 4.78 is 6.33. The molecule has 0 aliphatic carbocycles. The average Bonchev–Trinajstić information content (AvgIpc) is 2.46. The fourth-order valence-corrected chi connectivity index (χ4v) is 2.59. The molecule has 0 fully saturated rings. The smallest absolute Gasteiger partial charge is 0.119 e. The highest BCUT2D eigenvalue weighted by Crippen LogP contribution is 2.24. The fraction of sp³-hybridized carbons (Fsp3) is 0.200. The van der Waals surface area contributed by atoms with Crippen LogP contribution in [0, 0.1) is 0 Å². The van der Waals surface area contributed by atoms with Crippen LogP contribution in [0.1, 0.15) is 5.56 Å². The Balaban J connectivity index is 2.09. The summed E-state index contributed by atoms with van der Waals surface area (Å²) in [4.78, 5) is 1.26. The number of nitrogens with one attached hydrogen (secondary N) is 1. The highest BCUT2D eigenvalue weighted by Gasteiger charge is 2.02. The van der Waals surface area contributed by atoms with E-state index in [1.54, 1.807) is 18.9 Å². The second-order valence-corrected chi connectivity index (χ2v) is 5.78. The zero-order chi connectivity index (χ0) is 13.7. The lowest BCUT2D eigenvalue weighted by molar-refractivity contribution is 0.414. The summed E-state index contributed by atoms with van der Waals surface area (Å²) in [6.45, 7) is 0.760. The summed E-state index contributed by atoms with van der Waals surface area (Å²) in [5, 5.41) is 3.43. The highest BCUT2D eigenvalue weighted by molar-refractivity contribution is 9.10. The first-order valence-electron chi connectivity index (χ1n) is 5.93. The number of anilines is 1. The Hall–Kier alpha value is -1.13. The lowest BCUT2D eigenvalue weighted by atomic mass is 10.2. The van der Waals surface area contributed by atoms with Crippen molar-refractivity contribution in [3.63, 3.8) is 0 Å². The summed E-state index contributed by atoms with van der Waals surface area (Å²) in [5.74, 6) is 0.873. The van der Waals surface area contributed by atoms with E-state index in [4.69, 9.17) is 4.74 Å². The van der Waals surface area contributed by atoms with Gasteiger partial charge < -0.3 is 10.1 Å². The first-order chi connectivity index (χ1) is 9.22. The van der Waals surface area contributed by atoms with Gasteiger partial charge in [-0.1, -0.05) is 22.0 Å². The van der Waals surface area contributed by atoms with Crippen LogP contribution in [0.5, 0.6) is 5.75 Å². The van der Waals surface area contributed by atoms with Gasteiger partial charge in [-0.15, -0.1) is 11.8 Å². The second-order valence-electron chi connectivity index (χ2n) is 4.04. The Bertz CT molecular complexity index is 560. The number of methoxy groups -OCH3 is 1. The van der Waals surface area contributed by atoms with E-state index in [1.165, 1.54) is 10.5 Å². The van der Waals surface area contributed by atoms with E-state index in [0.717, 1.165) is 22.5 Å². The van der Waals surface area contributed by atoms with Crippen LogP contribution in [0.3, 0.4) is 0 Å². The zero-order valence-electron chi connectivity index (χ0n) is 10.9. The molecule has 4 heteroatoms. The maximum atomic E-state index is 5.25. The van der Waals surface area contributed by atoms with Crippen molar-refractivity contribution in [1.82, 2.24) is 0 Å². The minimum atomic E-state index is 0.760. The summed E-state index contributed by atoms with van der Waals surface area (Å²) >= 11 is 5.31. The van der Waals surface area contributed by atoms with Gasteiger partial charge in [0.15, 0.2) is 0 Å². The molecule has 0 saturated carbocycles. The molecule has 0 aliphatic heterocycles. The van der Waals surface area contributed by atoms with Crippen molar-refractivity contribution in [2.45, 2.75) is 11.4 Å². The second kappa shape index (κ2) is 6.87. The maximum Gasteiger partial charge on any atom is 0.119 e. The van der Waals surface area contributed by atoms with E-state index < -0.39 is 0 Å². The number of thioether (sulfide) groups is 1. The molecule has 2 aromatic carbocycles. The van der Waals surface area contributed by atoms with Gasteiger partial charge in [0.1, 0.15) is 5.75 Å². The Morgan fingerprint density at radius 2 is 2.05 bits per heavy atom. The van der Waals surface area contributed by atoms with Crippen LogP contribution in [0.2, 0.25) is 0 Å². The van der Waals surface area contributed by atoms with Crippen molar-refractivity contribution in [3.05, 3.63) is 52.5 Å². The first-order valence-corrected chi connectivity index (χ1v) is 7.95.